The number of rotatable bonds is 6. The molecule has 7 heteroatoms. The van der Waals surface area contributed by atoms with Crippen LogP contribution in [0, 0.1) is 5.92 Å². The monoisotopic (exact) mass is 370 g/mol. The van der Waals surface area contributed by atoms with E-state index >= 15 is 0 Å². The summed E-state index contributed by atoms with van der Waals surface area (Å²) in [7, 11) is 0. The molecule has 3 heterocycles. The maximum atomic E-state index is 12.8. The molecule has 0 aromatic carbocycles. The van der Waals surface area contributed by atoms with Crippen molar-refractivity contribution in [2.75, 3.05) is 13.1 Å². The second-order valence-corrected chi connectivity index (χ2v) is 7.84. The molecule has 2 aliphatic rings. The first-order valence-corrected chi connectivity index (χ1v) is 9.83. The lowest BCUT2D eigenvalue weighted by Crippen LogP contribution is -2.40. The molecule has 2 aromatic heterocycles. The summed E-state index contributed by atoms with van der Waals surface area (Å²) in [5.74, 6) is 2.97. The first-order valence-electron chi connectivity index (χ1n) is 9.83. The number of ether oxygens (including phenoxy) is 1. The minimum absolute atomic E-state index is 0.0208. The van der Waals surface area contributed by atoms with E-state index in [2.05, 4.69) is 15.1 Å². The predicted octanol–water partition coefficient (Wildman–Crippen LogP) is 3.22. The number of hydrogen-bond donors (Lipinski definition) is 0. The number of carbonyl (C=O) groups is 1. The standard InChI is InChI=1S/C20H26N4O3/c1-13(2)26-17-8-7-16(11-21-17)20(25)24-9-3-4-14(12-24)10-18-22-19(23-27-18)15-5-6-15/h7-8,11,13-15H,3-6,9-10,12H2,1-2H3/t14-/m0/s1. The molecule has 4 rings (SSSR count). The maximum absolute atomic E-state index is 12.8. The Labute approximate surface area is 159 Å². The summed E-state index contributed by atoms with van der Waals surface area (Å²) in [6.45, 7) is 5.39. The van der Waals surface area contributed by atoms with Crippen molar-refractivity contribution in [3.8, 4) is 5.88 Å². The van der Waals surface area contributed by atoms with Crippen LogP contribution in [0.3, 0.4) is 0 Å². The summed E-state index contributed by atoms with van der Waals surface area (Å²) in [4.78, 5) is 23.5. The summed E-state index contributed by atoms with van der Waals surface area (Å²) >= 11 is 0. The predicted molar refractivity (Wildman–Crippen MR) is 98.6 cm³/mol. The Morgan fingerprint density at radius 1 is 1.33 bits per heavy atom. The lowest BCUT2D eigenvalue weighted by Gasteiger charge is -2.32. The van der Waals surface area contributed by atoms with Gasteiger partial charge in [0, 0.05) is 37.7 Å². The highest BCUT2D eigenvalue weighted by atomic mass is 16.5. The van der Waals surface area contributed by atoms with Crippen LogP contribution in [-0.2, 0) is 6.42 Å². The van der Waals surface area contributed by atoms with Crippen LogP contribution >= 0.6 is 0 Å². The molecule has 1 aliphatic heterocycles. The summed E-state index contributed by atoms with van der Waals surface area (Å²) < 4.78 is 10.9. The minimum Gasteiger partial charge on any atom is -0.475 e. The third-order valence-electron chi connectivity index (χ3n) is 5.04. The van der Waals surface area contributed by atoms with Crippen molar-refractivity contribution in [2.24, 2.45) is 5.92 Å². The van der Waals surface area contributed by atoms with Gasteiger partial charge in [-0.05, 0) is 51.5 Å². The zero-order valence-corrected chi connectivity index (χ0v) is 15.9. The first-order chi connectivity index (χ1) is 13.1. The molecule has 0 radical (unpaired) electrons. The van der Waals surface area contributed by atoms with Gasteiger partial charge >= 0.3 is 0 Å². The number of aromatic nitrogens is 3. The molecule has 0 unspecified atom stereocenters. The quantitative estimate of drug-likeness (QED) is 0.776. The first kappa shape index (κ1) is 17.9. The van der Waals surface area contributed by atoms with Crippen LogP contribution in [0.2, 0.25) is 0 Å². The van der Waals surface area contributed by atoms with Gasteiger partial charge in [-0.1, -0.05) is 5.16 Å². The van der Waals surface area contributed by atoms with Gasteiger partial charge in [-0.2, -0.15) is 4.98 Å². The number of carbonyl (C=O) groups excluding carboxylic acids is 1. The Bertz CT molecular complexity index is 783. The molecule has 1 saturated heterocycles. The van der Waals surface area contributed by atoms with E-state index in [1.165, 1.54) is 12.8 Å². The second kappa shape index (κ2) is 7.66. The third kappa shape index (κ3) is 4.46. The smallest absolute Gasteiger partial charge is 0.255 e. The lowest BCUT2D eigenvalue weighted by molar-refractivity contribution is 0.0667. The van der Waals surface area contributed by atoms with E-state index in [0.717, 1.165) is 31.6 Å². The number of amides is 1. The summed E-state index contributed by atoms with van der Waals surface area (Å²) in [6.07, 6.45) is 6.80. The fraction of sp³-hybridized carbons (Fsp3) is 0.600. The fourth-order valence-electron chi connectivity index (χ4n) is 3.52. The fourth-order valence-corrected chi connectivity index (χ4v) is 3.52. The molecular formula is C20H26N4O3. The SMILES string of the molecule is CC(C)Oc1ccc(C(=O)N2CCC[C@@H](Cc3nc(C4CC4)no3)C2)cn1. The number of pyridine rings is 1. The number of likely N-dealkylation sites (tertiary alicyclic amines) is 1. The highest BCUT2D eigenvalue weighted by Gasteiger charge is 2.30. The van der Waals surface area contributed by atoms with E-state index in [0.29, 0.717) is 35.7 Å². The molecule has 144 valence electrons. The molecular weight excluding hydrogens is 344 g/mol. The molecule has 0 bridgehead atoms. The lowest BCUT2D eigenvalue weighted by atomic mass is 9.94. The van der Waals surface area contributed by atoms with Gasteiger partial charge in [0.1, 0.15) is 0 Å². The van der Waals surface area contributed by atoms with Crippen molar-refractivity contribution >= 4 is 5.91 Å². The Balaban J connectivity index is 1.35. The van der Waals surface area contributed by atoms with Gasteiger partial charge in [0.25, 0.3) is 5.91 Å². The van der Waals surface area contributed by atoms with E-state index < -0.39 is 0 Å². The van der Waals surface area contributed by atoms with Crippen LogP contribution in [0.15, 0.2) is 22.9 Å². The summed E-state index contributed by atoms with van der Waals surface area (Å²) in [6, 6.07) is 3.54. The topological polar surface area (TPSA) is 81.4 Å². The van der Waals surface area contributed by atoms with Crippen molar-refractivity contribution in [1.82, 2.24) is 20.0 Å². The third-order valence-corrected chi connectivity index (χ3v) is 5.04. The van der Waals surface area contributed by atoms with Crippen molar-refractivity contribution in [1.29, 1.82) is 0 Å². The number of hydrogen-bond acceptors (Lipinski definition) is 6. The molecule has 1 amide bonds. The maximum Gasteiger partial charge on any atom is 0.255 e. The van der Waals surface area contributed by atoms with Gasteiger partial charge in [0.05, 0.1) is 11.7 Å². The average Bonchev–Trinajstić information content (AvgIpc) is 3.41. The van der Waals surface area contributed by atoms with Crippen molar-refractivity contribution < 1.29 is 14.1 Å². The second-order valence-electron chi connectivity index (χ2n) is 7.84. The van der Waals surface area contributed by atoms with Crippen molar-refractivity contribution in [3.05, 3.63) is 35.6 Å². The van der Waals surface area contributed by atoms with E-state index in [9.17, 15) is 4.79 Å². The van der Waals surface area contributed by atoms with Crippen LogP contribution in [0.5, 0.6) is 5.88 Å². The number of piperidine rings is 1. The molecule has 0 spiro atoms. The van der Waals surface area contributed by atoms with Crippen LogP contribution in [0.4, 0.5) is 0 Å². The van der Waals surface area contributed by atoms with Crippen molar-refractivity contribution in [3.63, 3.8) is 0 Å². The Kier molecular flexibility index (Phi) is 5.09. The van der Waals surface area contributed by atoms with Crippen molar-refractivity contribution in [2.45, 2.75) is 58.0 Å². The summed E-state index contributed by atoms with van der Waals surface area (Å²) in [5.41, 5.74) is 0.598. The molecule has 1 atom stereocenters. The zero-order chi connectivity index (χ0) is 18.8. The molecule has 1 saturated carbocycles. The highest BCUT2D eigenvalue weighted by Crippen LogP contribution is 2.38. The van der Waals surface area contributed by atoms with Gasteiger partial charge < -0.3 is 14.2 Å². The molecule has 2 fully saturated rings. The minimum atomic E-state index is 0.0208. The van der Waals surface area contributed by atoms with Gasteiger partial charge in [-0.15, -0.1) is 0 Å². The van der Waals surface area contributed by atoms with E-state index in [-0.39, 0.29) is 12.0 Å². The van der Waals surface area contributed by atoms with E-state index in [4.69, 9.17) is 9.26 Å². The normalized spacial score (nSPS) is 20.1. The molecule has 0 N–H and O–H groups in total. The highest BCUT2D eigenvalue weighted by molar-refractivity contribution is 5.94. The number of nitrogens with zero attached hydrogens (tertiary/aromatic N) is 4. The Morgan fingerprint density at radius 2 is 2.19 bits per heavy atom. The zero-order valence-electron chi connectivity index (χ0n) is 15.9. The van der Waals surface area contributed by atoms with Crippen LogP contribution in [-0.4, -0.2) is 45.1 Å². The van der Waals surface area contributed by atoms with E-state index in [1.54, 1.807) is 18.3 Å². The summed E-state index contributed by atoms with van der Waals surface area (Å²) in [5, 5.41) is 4.09. The molecule has 7 nitrogen and oxygen atoms in total. The van der Waals surface area contributed by atoms with Gasteiger partial charge in [-0.25, -0.2) is 4.98 Å². The Morgan fingerprint density at radius 3 is 2.89 bits per heavy atom. The van der Waals surface area contributed by atoms with E-state index in [1.807, 2.05) is 18.7 Å². The van der Waals surface area contributed by atoms with Crippen LogP contribution in [0.25, 0.3) is 0 Å². The molecule has 2 aromatic rings. The van der Waals surface area contributed by atoms with Gasteiger partial charge in [0.15, 0.2) is 5.82 Å². The average molecular weight is 370 g/mol. The van der Waals surface area contributed by atoms with Crippen LogP contribution < -0.4 is 4.74 Å². The molecule has 1 aliphatic carbocycles. The van der Waals surface area contributed by atoms with Crippen LogP contribution in [0.1, 0.15) is 67.5 Å². The largest absolute Gasteiger partial charge is 0.475 e. The Hall–Kier alpha value is -2.44. The van der Waals surface area contributed by atoms with Gasteiger partial charge in [-0.3, -0.25) is 4.79 Å². The van der Waals surface area contributed by atoms with Gasteiger partial charge in [0.2, 0.25) is 11.8 Å². The molecule has 27 heavy (non-hydrogen) atoms.